The van der Waals surface area contributed by atoms with Crippen LogP contribution in [0.5, 0.6) is 0 Å². The molecular formula is C13H19N5O4S. The molecule has 0 aliphatic rings. The number of carbonyl (C=O) groups is 1. The topological polar surface area (TPSA) is 119 Å². The zero-order valence-corrected chi connectivity index (χ0v) is 14.1. The van der Waals surface area contributed by atoms with Crippen molar-refractivity contribution in [1.82, 2.24) is 24.3 Å². The van der Waals surface area contributed by atoms with Gasteiger partial charge in [0.1, 0.15) is 4.90 Å². The number of sulfonamides is 1. The van der Waals surface area contributed by atoms with E-state index in [0.29, 0.717) is 17.9 Å². The second-order valence-corrected chi connectivity index (χ2v) is 6.74. The molecule has 10 heteroatoms. The fraction of sp³-hybridized carbons (Fsp3) is 0.462. The summed E-state index contributed by atoms with van der Waals surface area (Å²) in [5.41, 5.74) is 1.02. The highest BCUT2D eigenvalue weighted by molar-refractivity contribution is 7.89. The van der Waals surface area contributed by atoms with Gasteiger partial charge in [-0.25, -0.2) is 8.42 Å². The second kappa shape index (κ2) is 6.13. The summed E-state index contributed by atoms with van der Waals surface area (Å²) in [5, 5.41) is 17.4. The Bertz CT molecular complexity index is 837. The van der Waals surface area contributed by atoms with E-state index in [2.05, 4.69) is 14.9 Å². The van der Waals surface area contributed by atoms with Gasteiger partial charge in [0.15, 0.2) is 6.04 Å². The van der Waals surface area contributed by atoms with Crippen LogP contribution in [0.3, 0.4) is 0 Å². The zero-order valence-electron chi connectivity index (χ0n) is 13.3. The van der Waals surface area contributed by atoms with E-state index in [-0.39, 0.29) is 10.6 Å². The molecular weight excluding hydrogens is 322 g/mol. The molecule has 0 aromatic carbocycles. The van der Waals surface area contributed by atoms with Crippen molar-refractivity contribution in [1.29, 1.82) is 0 Å². The van der Waals surface area contributed by atoms with Gasteiger partial charge in [-0.1, -0.05) is 0 Å². The summed E-state index contributed by atoms with van der Waals surface area (Å²) in [4.78, 5) is 11.5. The summed E-state index contributed by atoms with van der Waals surface area (Å²) in [6.07, 6.45) is 1.41. The number of aromatic nitrogens is 4. The average molecular weight is 341 g/mol. The first-order chi connectivity index (χ1) is 10.7. The van der Waals surface area contributed by atoms with Gasteiger partial charge in [-0.2, -0.15) is 14.9 Å². The first-order valence-corrected chi connectivity index (χ1v) is 8.44. The third-order valence-electron chi connectivity index (χ3n) is 3.56. The Kier molecular flexibility index (Phi) is 4.57. The highest BCUT2D eigenvalue weighted by atomic mass is 32.2. The summed E-state index contributed by atoms with van der Waals surface area (Å²) in [7, 11) is -2.51. The quantitative estimate of drug-likeness (QED) is 0.783. The normalized spacial score (nSPS) is 13.2. The average Bonchev–Trinajstić information content (AvgIpc) is 2.99. The largest absolute Gasteiger partial charge is 0.480 e. The highest BCUT2D eigenvalue weighted by Crippen LogP contribution is 2.22. The number of hydrogen-bond donors (Lipinski definition) is 2. The maximum atomic E-state index is 12.7. The zero-order chi connectivity index (χ0) is 17.4. The van der Waals surface area contributed by atoms with E-state index >= 15 is 0 Å². The lowest BCUT2D eigenvalue weighted by molar-refractivity contribution is -0.139. The number of nitrogens with zero attached hydrogens (tertiary/aromatic N) is 4. The molecule has 2 aromatic rings. The molecule has 0 aliphatic heterocycles. The fourth-order valence-corrected chi connectivity index (χ4v) is 4.07. The molecule has 1 atom stereocenters. The summed E-state index contributed by atoms with van der Waals surface area (Å²) in [5.74, 6) is -1.31. The Labute approximate surface area is 134 Å². The van der Waals surface area contributed by atoms with Gasteiger partial charge in [-0.05, 0) is 26.8 Å². The standard InChI is InChI=1S/C13H19N5O4S/c1-5-18-9(3)12(8(2)15-18)23(21,22)16-11(13(19)20)10-6-7-14-17(10)4/h6-7,11,16H,5H2,1-4H3,(H,19,20). The third kappa shape index (κ3) is 3.13. The van der Waals surface area contributed by atoms with E-state index in [9.17, 15) is 18.3 Å². The minimum absolute atomic E-state index is 0.00719. The molecule has 2 N–H and O–H groups in total. The maximum absolute atomic E-state index is 12.7. The van der Waals surface area contributed by atoms with Crippen LogP contribution >= 0.6 is 0 Å². The second-order valence-electron chi connectivity index (χ2n) is 5.09. The van der Waals surface area contributed by atoms with Crippen molar-refractivity contribution in [3.05, 3.63) is 29.3 Å². The molecule has 1 unspecified atom stereocenters. The Morgan fingerprint density at radius 3 is 2.52 bits per heavy atom. The van der Waals surface area contributed by atoms with Crippen molar-refractivity contribution < 1.29 is 18.3 Å². The van der Waals surface area contributed by atoms with Gasteiger partial charge in [0.2, 0.25) is 10.0 Å². The van der Waals surface area contributed by atoms with Crippen LogP contribution in [0.2, 0.25) is 0 Å². The van der Waals surface area contributed by atoms with Gasteiger partial charge in [0.05, 0.1) is 17.1 Å². The number of carboxylic acids is 1. The summed E-state index contributed by atoms with van der Waals surface area (Å²) < 4.78 is 30.4. The van der Waals surface area contributed by atoms with Crippen molar-refractivity contribution in [2.45, 2.75) is 38.3 Å². The van der Waals surface area contributed by atoms with Gasteiger partial charge >= 0.3 is 5.97 Å². The van der Waals surface area contributed by atoms with Gasteiger partial charge in [0, 0.05) is 19.8 Å². The molecule has 0 bridgehead atoms. The van der Waals surface area contributed by atoms with E-state index in [0.717, 1.165) is 0 Å². The van der Waals surface area contributed by atoms with Crippen LogP contribution in [0.25, 0.3) is 0 Å². The fourth-order valence-electron chi connectivity index (χ4n) is 2.50. The molecule has 0 radical (unpaired) electrons. The lowest BCUT2D eigenvalue weighted by atomic mass is 10.2. The van der Waals surface area contributed by atoms with Crippen molar-refractivity contribution in [3.8, 4) is 0 Å². The number of carboxylic acid groups (broad SMARTS) is 1. The van der Waals surface area contributed by atoms with Gasteiger partial charge in [-0.15, -0.1) is 0 Å². The first kappa shape index (κ1) is 17.2. The first-order valence-electron chi connectivity index (χ1n) is 6.96. The smallest absolute Gasteiger partial charge is 0.327 e. The van der Waals surface area contributed by atoms with Crippen molar-refractivity contribution in [3.63, 3.8) is 0 Å². The van der Waals surface area contributed by atoms with Crippen LogP contribution in [-0.4, -0.2) is 39.1 Å². The number of hydrogen-bond acceptors (Lipinski definition) is 5. The van der Waals surface area contributed by atoms with Crippen LogP contribution < -0.4 is 4.72 Å². The maximum Gasteiger partial charge on any atom is 0.327 e. The number of nitrogens with one attached hydrogen (secondary N) is 1. The number of aryl methyl sites for hydroxylation is 3. The molecule has 0 aliphatic carbocycles. The lowest BCUT2D eigenvalue weighted by Gasteiger charge is -2.15. The van der Waals surface area contributed by atoms with Crippen molar-refractivity contribution in [2.75, 3.05) is 0 Å². The van der Waals surface area contributed by atoms with Crippen LogP contribution in [0, 0.1) is 13.8 Å². The predicted molar refractivity (Wildman–Crippen MR) is 81.3 cm³/mol. The van der Waals surface area contributed by atoms with Crippen molar-refractivity contribution >= 4 is 16.0 Å². The molecule has 0 fully saturated rings. The Morgan fingerprint density at radius 1 is 1.43 bits per heavy atom. The molecule has 2 rings (SSSR count). The van der Waals surface area contributed by atoms with Gasteiger partial charge < -0.3 is 5.11 Å². The molecule has 23 heavy (non-hydrogen) atoms. The van der Waals surface area contributed by atoms with E-state index in [1.54, 1.807) is 25.6 Å². The number of aliphatic carboxylic acids is 1. The molecule has 9 nitrogen and oxygen atoms in total. The van der Waals surface area contributed by atoms with Crippen LogP contribution in [0.1, 0.15) is 30.0 Å². The Balaban J connectivity index is 2.46. The molecule has 126 valence electrons. The minimum Gasteiger partial charge on any atom is -0.480 e. The highest BCUT2D eigenvalue weighted by Gasteiger charge is 2.32. The Hall–Kier alpha value is -2.20. The molecule has 0 saturated heterocycles. The Morgan fingerprint density at radius 2 is 2.09 bits per heavy atom. The minimum atomic E-state index is -4.05. The van der Waals surface area contributed by atoms with E-state index in [1.807, 2.05) is 6.92 Å². The monoisotopic (exact) mass is 341 g/mol. The molecule has 2 heterocycles. The van der Waals surface area contributed by atoms with Crippen molar-refractivity contribution in [2.24, 2.45) is 7.05 Å². The molecule has 2 aromatic heterocycles. The van der Waals surface area contributed by atoms with Crippen LogP contribution in [0.4, 0.5) is 0 Å². The summed E-state index contributed by atoms with van der Waals surface area (Å²) in [6, 6.07) is 0.0208. The van der Waals surface area contributed by atoms with Crippen LogP contribution in [0.15, 0.2) is 17.2 Å². The number of rotatable bonds is 6. The van der Waals surface area contributed by atoms with E-state index < -0.39 is 22.0 Å². The third-order valence-corrected chi connectivity index (χ3v) is 5.23. The predicted octanol–water partition coefficient (Wildman–Crippen LogP) is 0.358. The van der Waals surface area contributed by atoms with E-state index in [4.69, 9.17) is 0 Å². The molecule has 0 saturated carbocycles. The molecule has 0 amide bonds. The molecule has 0 spiro atoms. The SMILES string of the molecule is CCn1nc(C)c(S(=O)(=O)NC(C(=O)O)c2ccnn2C)c1C. The lowest BCUT2D eigenvalue weighted by Crippen LogP contribution is -2.35. The van der Waals surface area contributed by atoms with Gasteiger partial charge in [0.25, 0.3) is 0 Å². The van der Waals surface area contributed by atoms with Gasteiger partial charge in [-0.3, -0.25) is 14.2 Å². The summed E-state index contributed by atoms with van der Waals surface area (Å²) in [6.45, 7) is 5.58. The van der Waals surface area contributed by atoms with E-state index in [1.165, 1.54) is 16.9 Å². The summed E-state index contributed by atoms with van der Waals surface area (Å²) >= 11 is 0. The van der Waals surface area contributed by atoms with Crippen LogP contribution in [-0.2, 0) is 28.4 Å².